The Bertz CT molecular complexity index is 211. The lowest BCUT2D eigenvalue weighted by molar-refractivity contribution is 0.0895. The van der Waals surface area contributed by atoms with Crippen LogP contribution in [0.15, 0.2) is 0 Å². The predicted octanol–water partition coefficient (Wildman–Crippen LogP) is 2.14. The molecule has 2 rings (SSSR count). The summed E-state index contributed by atoms with van der Waals surface area (Å²) in [6.45, 7) is 5.92. The van der Waals surface area contributed by atoms with Crippen LogP contribution in [0.3, 0.4) is 0 Å². The van der Waals surface area contributed by atoms with Gasteiger partial charge in [0.2, 0.25) is 0 Å². The minimum Gasteiger partial charge on any atom is -0.392 e. The first-order valence-corrected chi connectivity index (χ1v) is 7.93. The van der Waals surface area contributed by atoms with Gasteiger partial charge >= 0.3 is 0 Å². The van der Waals surface area contributed by atoms with E-state index in [2.05, 4.69) is 17.1 Å². The Morgan fingerprint density at radius 1 is 1.11 bits per heavy atom. The number of likely N-dealkylation sites (tertiary alicyclic amines) is 1. The number of aliphatic hydroxyl groups is 1. The second-order valence-corrected chi connectivity index (χ2v) is 6.15. The van der Waals surface area contributed by atoms with E-state index in [1.165, 1.54) is 51.6 Å². The quantitative estimate of drug-likeness (QED) is 0.738. The Morgan fingerprint density at radius 2 is 1.89 bits per heavy atom. The fourth-order valence-electron chi connectivity index (χ4n) is 3.41. The van der Waals surface area contributed by atoms with E-state index in [0.29, 0.717) is 6.04 Å². The highest BCUT2D eigenvalue weighted by atomic mass is 16.3. The molecule has 3 heteroatoms. The molecule has 0 spiro atoms. The van der Waals surface area contributed by atoms with Crippen LogP contribution in [0, 0.1) is 0 Å². The molecular weight excluding hydrogens is 224 g/mol. The van der Waals surface area contributed by atoms with Crippen LogP contribution in [-0.2, 0) is 0 Å². The Balaban J connectivity index is 1.57. The number of aliphatic hydroxyl groups excluding tert-OH is 1. The van der Waals surface area contributed by atoms with Crippen molar-refractivity contribution in [3.8, 4) is 0 Å². The van der Waals surface area contributed by atoms with Gasteiger partial charge in [-0.1, -0.05) is 19.3 Å². The van der Waals surface area contributed by atoms with Crippen molar-refractivity contribution in [3.63, 3.8) is 0 Å². The highest BCUT2D eigenvalue weighted by molar-refractivity contribution is 4.80. The lowest BCUT2D eigenvalue weighted by Crippen LogP contribution is -2.44. The number of rotatable bonds is 5. The molecule has 1 saturated heterocycles. The summed E-state index contributed by atoms with van der Waals surface area (Å²) in [5.74, 6) is 0. The maximum atomic E-state index is 9.89. The van der Waals surface area contributed by atoms with E-state index in [0.717, 1.165) is 25.4 Å². The van der Waals surface area contributed by atoms with E-state index in [-0.39, 0.29) is 6.10 Å². The van der Waals surface area contributed by atoms with Crippen LogP contribution in [0.5, 0.6) is 0 Å². The fourth-order valence-corrected chi connectivity index (χ4v) is 3.41. The molecule has 0 aromatic rings. The number of hydrogen-bond donors (Lipinski definition) is 2. The number of hydrogen-bond acceptors (Lipinski definition) is 3. The summed E-state index contributed by atoms with van der Waals surface area (Å²) in [6, 6.07) is 1.14. The third-order valence-electron chi connectivity index (χ3n) is 4.70. The van der Waals surface area contributed by atoms with Crippen molar-refractivity contribution in [2.45, 2.75) is 76.5 Å². The minimum absolute atomic E-state index is 0.104. The second kappa shape index (κ2) is 7.46. The third-order valence-corrected chi connectivity index (χ3v) is 4.70. The van der Waals surface area contributed by atoms with Crippen LogP contribution in [0.2, 0.25) is 0 Å². The molecule has 1 heterocycles. The molecule has 0 aromatic carbocycles. The van der Waals surface area contributed by atoms with Crippen LogP contribution >= 0.6 is 0 Å². The average Bonchev–Trinajstić information content (AvgIpc) is 2.38. The van der Waals surface area contributed by atoms with Gasteiger partial charge < -0.3 is 15.3 Å². The van der Waals surface area contributed by atoms with Crippen molar-refractivity contribution in [1.82, 2.24) is 10.2 Å². The normalized spacial score (nSPS) is 34.7. The van der Waals surface area contributed by atoms with Crippen molar-refractivity contribution in [3.05, 3.63) is 0 Å². The van der Waals surface area contributed by atoms with Gasteiger partial charge in [0.05, 0.1) is 6.10 Å². The molecule has 0 aromatic heterocycles. The summed E-state index contributed by atoms with van der Waals surface area (Å²) >= 11 is 0. The van der Waals surface area contributed by atoms with E-state index < -0.39 is 0 Å². The van der Waals surface area contributed by atoms with Gasteiger partial charge in [0.25, 0.3) is 0 Å². The SMILES string of the molecule is CC1CCCCN1CCCN[C@H]1CCCC[C@@H]1O. The molecule has 1 aliphatic carbocycles. The molecule has 18 heavy (non-hydrogen) atoms. The zero-order valence-corrected chi connectivity index (χ0v) is 11.9. The molecule has 0 radical (unpaired) electrons. The highest BCUT2D eigenvalue weighted by Gasteiger charge is 2.22. The van der Waals surface area contributed by atoms with Crippen molar-refractivity contribution >= 4 is 0 Å². The first-order valence-electron chi connectivity index (χ1n) is 7.93. The molecule has 0 bridgehead atoms. The van der Waals surface area contributed by atoms with Crippen molar-refractivity contribution < 1.29 is 5.11 Å². The van der Waals surface area contributed by atoms with Gasteiger partial charge in [-0.2, -0.15) is 0 Å². The van der Waals surface area contributed by atoms with Crippen LogP contribution in [0.4, 0.5) is 0 Å². The lowest BCUT2D eigenvalue weighted by Gasteiger charge is -2.34. The molecule has 3 nitrogen and oxygen atoms in total. The average molecular weight is 254 g/mol. The van der Waals surface area contributed by atoms with Gasteiger partial charge in [0.1, 0.15) is 0 Å². The Hall–Kier alpha value is -0.120. The summed E-state index contributed by atoms with van der Waals surface area (Å²) in [6.07, 6.45) is 9.88. The standard InChI is InChI=1S/C15H30N2O/c1-13-7-4-5-11-17(13)12-6-10-16-14-8-2-3-9-15(14)18/h13-16,18H,2-12H2,1H3/t13?,14-,15-/m0/s1. The minimum atomic E-state index is -0.104. The molecule has 0 amide bonds. The van der Waals surface area contributed by atoms with Crippen LogP contribution in [0.1, 0.15) is 58.3 Å². The van der Waals surface area contributed by atoms with Crippen LogP contribution in [-0.4, -0.2) is 47.8 Å². The molecule has 3 atom stereocenters. The maximum Gasteiger partial charge on any atom is 0.0693 e. The smallest absolute Gasteiger partial charge is 0.0693 e. The maximum absolute atomic E-state index is 9.89. The summed E-state index contributed by atoms with van der Waals surface area (Å²) in [4.78, 5) is 2.63. The van der Waals surface area contributed by atoms with Crippen molar-refractivity contribution in [2.24, 2.45) is 0 Å². The van der Waals surface area contributed by atoms with Crippen LogP contribution in [0.25, 0.3) is 0 Å². The molecule has 1 aliphatic heterocycles. The zero-order valence-electron chi connectivity index (χ0n) is 11.9. The topological polar surface area (TPSA) is 35.5 Å². The number of piperidine rings is 1. The van der Waals surface area contributed by atoms with E-state index in [9.17, 15) is 5.11 Å². The van der Waals surface area contributed by atoms with Crippen molar-refractivity contribution in [2.75, 3.05) is 19.6 Å². The molecule has 1 unspecified atom stereocenters. The summed E-state index contributed by atoms with van der Waals surface area (Å²) < 4.78 is 0. The molecule has 2 N–H and O–H groups in total. The van der Waals surface area contributed by atoms with Gasteiger partial charge in [-0.25, -0.2) is 0 Å². The van der Waals surface area contributed by atoms with Gasteiger partial charge in [-0.05, 0) is 58.7 Å². The zero-order chi connectivity index (χ0) is 12.8. The highest BCUT2D eigenvalue weighted by Crippen LogP contribution is 2.19. The predicted molar refractivity (Wildman–Crippen MR) is 75.8 cm³/mol. The van der Waals surface area contributed by atoms with E-state index in [1.54, 1.807) is 0 Å². The van der Waals surface area contributed by atoms with E-state index in [1.807, 2.05) is 0 Å². The monoisotopic (exact) mass is 254 g/mol. The number of nitrogens with one attached hydrogen (secondary N) is 1. The molecule has 2 fully saturated rings. The third kappa shape index (κ3) is 4.22. The molecular formula is C15H30N2O. The molecule has 1 saturated carbocycles. The van der Waals surface area contributed by atoms with Gasteiger partial charge in [-0.15, -0.1) is 0 Å². The lowest BCUT2D eigenvalue weighted by atomic mass is 9.92. The van der Waals surface area contributed by atoms with Gasteiger partial charge in [-0.3, -0.25) is 0 Å². The van der Waals surface area contributed by atoms with Gasteiger partial charge in [0.15, 0.2) is 0 Å². The molecule has 2 aliphatic rings. The second-order valence-electron chi connectivity index (χ2n) is 6.15. The summed E-state index contributed by atoms with van der Waals surface area (Å²) in [7, 11) is 0. The Morgan fingerprint density at radius 3 is 2.67 bits per heavy atom. The summed E-state index contributed by atoms with van der Waals surface area (Å²) in [5, 5.41) is 13.4. The van der Waals surface area contributed by atoms with E-state index >= 15 is 0 Å². The first kappa shape index (κ1) is 14.3. The van der Waals surface area contributed by atoms with E-state index in [4.69, 9.17) is 0 Å². The Labute approximate surface area is 112 Å². The largest absolute Gasteiger partial charge is 0.392 e. The number of nitrogens with zero attached hydrogens (tertiary/aromatic N) is 1. The first-order chi connectivity index (χ1) is 8.77. The fraction of sp³-hybridized carbons (Fsp3) is 1.00. The van der Waals surface area contributed by atoms with Crippen LogP contribution < -0.4 is 5.32 Å². The van der Waals surface area contributed by atoms with Crippen molar-refractivity contribution in [1.29, 1.82) is 0 Å². The summed E-state index contributed by atoms with van der Waals surface area (Å²) in [5.41, 5.74) is 0. The van der Waals surface area contributed by atoms with Gasteiger partial charge in [0, 0.05) is 12.1 Å². The Kier molecular flexibility index (Phi) is 5.93. The molecule has 106 valence electrons.